The number of pyridine rings is 1. The summed E-state index contributed by atoms with van der Waals surface area (Å²) in [4.78, 5) is 4.21. The fourth-order valence-corrected chi connectivity index (χ4v) is 2.55. The normalized spacial score (nSPS) is 10.3. The van der Waals surface area contributed by atoms with E-state index < -0.39 is 0 Å². The Labute approximate surface area is 147 Å². The summed E-state index contributed by atoms with van der Waals surface area (Å²) in [6.45, 7) is 2.51. The number of hydrogen-bond acceptors (Lipinski definition) is 2. The molecule has 110 valence electrons. The zero-order valence-corrected chi connectivity index (χ0v) is 15.0. The van der Waals surface area contributed by atoms with Crippen molar-refractivity contribution in [2.75, 3.05) is 5.32 Å². The molecule has 0 aliphatic rings. The second-order valence-electron chi connectivity index (χ2n) is 4.33. The number of benzene rings is 1. The van der Waals surface area contributed by atoms with E-state index in [1.54, 1.807) is 6.20 Å². The van der Waals surface area contributed by atoms with Gasteiger partial charge in [-0.1, -0.05) is 35.3 Å². The molecule has 7 heteroatoms. The molecule has 1 aromatic carbocycles. The Morgan fingerprint density at radius 1 is 1.29 bits per heavy atom. The molecule has 0 atom stereocenters. The van der Waals surface area contributed by atoms with Crippen LogP contribution >= 0.6 is 51.3 Å². The lowest BCUT2D eigenvalue weighted by Crippen LogP contribution is -2.28. The smallest absolute Gasteiger partial charge is 0.172 e. The number of halogens is 3. The second-order valence-corrected chi connectivity index (χ2v) is 6.37. The maximum absolute atomic E-state index is 6.00. The lowest BCUT2D eigenvalue weighted by atomic mass is 10.2. The number of nitrogens with one attached hydrogen (secondary N) is 2. The zero-order valence-electron chi connectivity index (χ0n) is 11.1. The molecule has 0 amide bonds. The molecule has 3 nitrogen and oxygen atoms in total. The van der Waals surface area contributed by atoms with Crippen molar-refractivity contribution in [3.63, 3.8) is 0 Å². The van der Waals surface area contributed by atoms with E-state index in [1.807, 2.05) is 31.2 Å². The number of nitrogens with zero attached hydrogens (tertiary/aromatic N) is 1. The quantitative estimate of drug-likeness (QED) is 0.710. The van der Waals surface area contributed by atoms with Gasteiger partial charge in [0.1, 0.15) is 5.82 Å². The summed E-state index contributed by atoms with van der Waals surface area (Å²) in [5.41, 5.74) is 2.00. The third kappa shape index (κ3) is 4.54. The first kappa shape index (κ1) is 16.5. The van der Waals surface area contributed by atoms with Crippen LogP contribution in [0.5, 0.6) is 0 Å². The van der Waals surface area contributed by atoms with Gasteiger partial charge in [-0.2, -0.15) is 0 Å². The molecule has 0 unspecified atom stereocenters. The van der Waals surface area contributed by atoms with Crippen molar-refractivity contribution < 1.29 is 0 Å². The Hall–Kier alpha value is -0.880. The predicted octanol–water partition coefficient (Wildman–Crippen LogP) is 4.95. The number of hydrogen-bond donors (Lipinski definition) is 2. The van der Waals surface area contributed by atoms with Crippen molar-refractivity contribution in [1.29, 1.82) is 0 Å². The maximum atomic E-state index is 6.00. The van der Waals surface area contributed by atoms with Gasteiger partial charge in [0, 0.05) is 17.8 Å². The minimum absolute atomic E-state index is 0.486. The fraction of sp³-hybridized carbons (Fsp3) is 0.143. The van der Waals surface area contributed by atoms with E-state index in [9.17, 15) is 0 Å². The summed E-state index contributed by atoms with van der Waals surface area (Å²) in [5, 5.41) is 7.95. The van der Waals surface area contributed by atoms with Crippen LogP contribution in [0.4, 0.5) is 5.82 Å². The van der Waals surface area contributed by atoms with Crippen LogP contribution < -0.4 is 10.6 Å². The van der Waals surface area contributed by atoms with Gasteiger partial charge < -0.3 is 10.6 Å². The Kier molecular flexibility index (Phi) is 5.81. The maximum Gasteiger partial charge on any atom is 0.172 e. The molecule has 0 saturated carbocycles. The predicted molar refractivity (Wildman–Crippen MR) is 96.2 cm³/mol. The first-order chi connectivity index (χ1) is 9.97. The molecule has 1 aromatic heterocycles. The molecule has 0 aliphatic carbocycles. The molecule has 2 N–H and O–H groups in total. The molecule has 2 rings (SSSR count). The molecule has 2 aromatic rings. The molecule has 0 bridgehead atoms. The van der Waals surface area contributed by atoms with E-state index in [4.69, 9.17) is 35.4 Å². The van der Waals surface area contributed by atoms with Crippen LogP contribution in [0.1, 0.15) is 11.1 Å². The van der Waals surface area contributed by atoms with Gasteiger partial charge in [0.05, 0.1) is 9.50 Å². The van der Waals surface area contributed by atoms with Crippen molar-refractivity contribution in [2.24, 2.45) is 0 Å². The van der Waals surface area contributed by atoms with Crippen LogP contribution in [0.15, 0.2) is 34.9 Å². The summed E-state index contributed by atoms with van der Waals surface area (Å²) >= 11 is 20.5. The van der Waals surface area contributed by atoms with Gasteiger partial charge >= 0.3 is 0 Å². The van der Waals surface area contributed by atoms with Crippen LogP contribution in [0.2, 0.25) is 10.0 Å². The van der Waals surface area contributed by atoms with E-state index in [2.05, 4.69) is 31.5 Å². The molecule has 0 radical (unpaired) electrons. The minimum atomic E-state index is 0.486. The number of thiocarbonyl (C=S) groups is 1. The summed E-state index contributed by atoms with van der Waals surface area (Å²) in [7, 11) is 0. The Morgan fingerprint density at radius 2 is 1.95 bits per heavy atom. The monoisotopic (exact) mass is 403 g/mol. The Bertz CT molecular complexity index is 662. The first-order valence-corrected chi connectivity index (χ1v) is 8.03. The summed E-state index contributed by atoms with van der Waals surface area (Å²) in [5.74, 6) is 0.630. The highest BCUT2D eigenvalue weighted by molar-refractivity contribution is 9.10. The molecular formula is C14H12BrCl2N3S. The van der Waals surface area contributed by atoms with Crippen molar-refractivity contribution in [1.82, 2.24) is 10.3 Å². The van der Waals surface area contributed by atoms with Crippen LogP contribution in [0.3, 0.4) is 0 Å². The fourth-order valence-electron chi connectivity index (χ4n) is 1.58. The van der Waals surface area contributed by atoms with E-state index in [0.29, 0.717) is 27.5 Å². The molecule has 1 heterocycles. The van der Waals surface area contributed by atoms with Crippen molar-refractivity contribution >= 4 is 62.3 Å². The molecular weight excluding hydrogens is 393 g/mol. The topological polar surface area (TPSA) is 37.0 Å². The summed E-state index contributed by atoms with van der Waals surface area (Å²) in [6, 6.07) is 7.57. The van der Waals surface area contributed by atoms with Gasteiger partial charge in [0.15, 0.2) is 5.11 Å². The van der Waals surface area contributed by atoms with Gasteiger partial charge in [0.25, 0.3) is 0 Å². The van der Waals surface area contributed by atoms with Crippen LogP contribution in [0.25, 0.3) is 0 Å². The highest BCUT2D eigenvalue weighted by atomic mass is 79.9. The second kappa shape index (κ2) is 7.40. The van der Waals surface area contributed by atoms with Gasteiger partial charge in [0.2, 0.25) is 0 Å². The zero-order chi connectivity index (χ0) is 15.4. The van der Waals surface area contributed by atoms with Gasteiger partial charge in [-0.05, 0) is 58.3 Å². The van der Waals surface area contributed by atoms with Crippen molar-refractivity contribution in [3.05, 3.63) is 56.1 Å². The van der Waals surface area contributed by atoms with E-state index in [1.165, 1.54) is 0 Å². The molecule has 21 heavy (non-hydrogen) atoms. The summed E-state index contributed by atoms with van der Waals surface area (Å²) < 4.78 is 0.797. The molecule has 0 spiro atoms. The van der Waals surface area contributed by atoms with Crippen LogP contribution in [0, 0.1) is 6.92 Å². The van der Waals surface area contributed by atoms with Crippen LogP contribution in [-0.2, 0) is 6.54 Å². The lowest BCUT2D eigenvalue weighted by molar-refractivity contribution is 0.924. The standard InChI is InChI=1S/C14H12BrCl2N3S/c1-8-11(17)7-18-13(12(8)15)20-14(21)19-6-9-2-4-10(16)5-3-9/h2-5,7H,6H2,1H3,(H2,18,19,20,21). The summed E-state index contributed by atoms with van der Waals surface area (Å²) in [6.07, 6.45) is 1.59. The highest BCUT2D eigenvalue weighted by Gasteiger charge is 2.09. The minimum Gasteiger partial charge on any atom is -0.358 e. The van der Waals surface area contributed by atoms with Gasteiger partial charge in [-0.25, -0.2) is 4.98 Å². The van der Waals surface area contributed by atoms with Gasteiger partial charge in [-0.15, -0.1) is 0 Å². The Balaban J connectivity index is 1.96. The third-order valence-electron chi connectivity index (χ3n) is 2.80. The Morgan fingerprint density at radius 3 is 2.62 bits per heavy atom. The highest BCUT2D eigenvalue weighted by Crippen LogP contribution is 2.28. The van der Waals surface area contributed by atoms with E-state index >= 15 is 0 Å². The molecule has 0 fully saturated rings. The molecule has 0 aliphatic heterocycles. The van der Waals surface area contributed by atoms with E-state index in [-0.39, 0.29) is 0 Å². The average Bonchev–Trinajstić information content (AvgIpc) is 2.47. The SMILES string of the molecule is Cc1c(Cl)cnc(NC(=S)NCc2ccc(Cl)cc2)c1Br. The number of aromatic nitrogens is 1. The van der Waals surface area contributed by atoms with Crippen molar-refractivity contribution in [2.45, 2.75) is 13.5 Å². The van der Waals surface area contributed by atoms with Crippen molar-refractivity contribution in [3.8, 4) is 0 Å². The first-order valence-electron chi connectivity index (χ1n) is 6.07. The third-order valence-corrected chi connectivity index (χ3v) is 4.65. The van der Waals surface area contributed by atoms with Crippen LogP contribution in [-0.4, -0.2) is 10.1 Å². The molecule has 0 saturated heterocycles. The number of rotatable bonds is 3. The largest absolute Gasteiger partial charge is 0.358 e. The van der Waals surface area contributed by atoms with E-state index in [0.717, 1.165) is 15.6 Å². The lowest BCUT2D eigenvalue weighted by Gasteiger charge is -2.12. The number of anilines is 1. The van der Waals surface area contributed by atoms with Gasteiger partial charge in [-0.3, -0.25) is 0 Å². The average molecular weight is 405 g/mol.